The summed E-state index contributed by atoms with van der Waals surface area (Å²) in [5.41, 5.74) is 1.41. The van der Waals surface area contributed by atoms with E-state index in [1.54, 1.807) is 12.1 Å². The number of carbonyl (C=O) groups excluding carboxylic acids is 1. The maximum atomic E-state index is 12.3. The Morgan fingerprint density at radius 2 is 1.85 bits per heavy atom. The van der Waals surface area contributed by atoms with Gasteiger partial charge in [-0.05, 0) is 43.2 Å². The predicted molar refractivity (Wildman–Crippen MR) is 102 cm³/mol. The van der Waals surface area contributed by atoms with Gasteiger partial charge in [-0.3, -0.25) is 4.79 Å². The van der Waals surface area contributed by atoms with E-state index in [0.717, 1.165) is 18.5 Å². The van der Waals surface area contributed by atoms with Crippen molar-refractivity contribution in [1.82, 2.24) is 10.0 Å². The molecule has 1 saturated carbocycles. The van der Waals surface area contributed by atoms with Crippen molar-refractivity contribution in [2.45, 2.75) is 23.8 Å². The Bertz CT molecular complexity index is 865. The number of hydrogen-bond donors (Lipinski definition) is 2. The average molecular weight is 373 g/mol. The third kappa shape index (κ3) is 4.83. The molecule has 7 heteroatoms. The lowest BCUT2D eigenvalue weighted by Gasteiger charge is -2.19. The molecule has 0 atom stereocenters. The summed E-state index contributed by atoms with van der Waals surface area (Å²) in [6, 6.07) is 16.1. The number of nitrogens with zero attached hydrogens (tertiary/aromatic N) is 1. The Morgan fingerprint density at radius 3 is 2.54 bits per heavy atom. The number of rotatable bonds is 8. The molecule has 0 radical (unpaired) electrons. The molecule has 1 aliphatic rings. The second kappa shape index (κ2) is 7.88. The summed E-state index contributed by atoms with van der Waals surface area (Å²) in [7, 11) is -1.60. The van der Waals surface area contributed by atoms with Gasteiger partial charge in [-0.1, -0.05) is 24.3 Å². The van der Waals surface area contributed by atoms with Crippen molar-refractivity contribution < 1.29 is 13.2 Å². The van der Waals surface area contributed by atoms with Gasteiger partial charge in [0.05, 0.1) is 4.90 Å². The average Bonchev–Trinajstić information content (AvgIpc) is 3.45. The maximum absolute atomic E-state index is 12.3. The summed E-state index contributed by atoms with van der Waals surface area (Å²) in [5.74, 6) is -0.282. The monoisotopic (exact) mass is 373 g/mol. The van der Waals surface area contributed by atoms with E-state index in [0.29, 0.717) is 18.7 Å². The molecule has 0 aliphatic heterocycles. The molecule has 1 amide bonds. The largest absolute Gasteiger partial charge is 0.373 e. The van der Waals surface area contributed by atoms with Crippen LogP contribution in [0.2, 0.25) is 0 Å². The second-order valence-corrected chi connectivity index (χ2v) is 8.15. The number of carbonyl (C=O) groups is 1. The first-order valence-corrected chi connectivity index (χ1v) is 10.1. The zero-order valence-corrected chi connectivity index (χ0v) is 15.5. The summed E-state index contributed by atoms with van der Waals surface area (Å²) < 4.78 is 27.2. The minimum absolute atomic E-state index is 0.0333. The number of nitrogens with one attached hydrogen (secondary N) is 2. The van der Waals surface area contributed by atoms with Gasteiger partial charge in [-0.2, -0.15) is 0 Å². The van der Waals surface area contributed by atoms with E-state index in [1.807, 2.05) is 42.3 Å². The van der Waals surface area contributed by atoms with Gasteiger partial charge in [0, 0.05) is 37.4 Å². The second-order valence-electron chi connectivity index (χ2n) is 6.44. The number of benzene rings is 2. The van der Waals surface area contributed by atoms with Crippen molar-refractivity contribution in [3.05, 3.63) is 60.2 Å². The highest BCUT2D eigenvalue weighted by molar-refractivity contribution is 7.89. The zero-order chi connectivity index (χ0) is 18.6. The molecule has 3 rings (SSSR count). The van der Waals surface area contributed by atoms with Crippen LogP contribution in [0.25, 0.3) is 0 Å². The molecular formula is C19H23N3O3S. The number of anilines is 1. The Hall–Kier alpha value is -2.38. The number of amides is 1. The SMILES string of the molecule is CN(CCNC(=O)c1cccc(S(=O)(=O)NC2CC2)c1)c1ccccc1. The number of hydrogen-bond acceptors (Lipinski definition) is 4. The van der Waals surface area contributed by atoms with Crippen LogP contribution >= 0.6 is 0 Å². The first-order chi connectivity index (χ1) is 12.5. The first-order valence-electron chi connectivity index (χ1n) is 8.62. The van der Waals surface area contributed by atoms with Gasteiger partial charge < -0.3 is 10.2 Å². The number of likely N-dealkylation sites (N-methyl/N-ethyl adjacent to an activating group) is 1. The smallest absolute Gasteiger partial charge is 0.251 e. The summed E-state index contributed by atoms with van der Waals surface area (Å²) in [6.07, 6.45) is 1.74. The Labute approximate surface area is 154 Å². The summed E-state index contributed by atoms with van der Waals surface area (Å²) >= 11 is 0. The van der Waals surface area contributed by atoms with Gasteiger partial charge >= 0.3 is 0 Å². The third-order valence-electron chi connectivity index (χ3n) is 4.24. The van der Waals surface area contributed by atoms with Crippen LogP contribution in [0.1, 0.15) is 23.2 Å². The van der Waals surface area contributed by atoms with Crippen LogP contribution in [-0.2, 0) is 10.0 Å². The quantitative estimate of drug-likeness (QED) is 0.742. The fourth-order valence-corrected chi connectivity index (χ4v) is 3.89. The highest BCUT2D eigenvalue weighted by Crippen LogP contribution is 2.22. The van der Waals surface area contributed by atoms with Crippen LogP contribution in [0.15, 0.2) is 59.5 Å². The Kier molecular flexibility index (Phi) is 5.58. The fourth-order valence-electron chi connectivity index (χ4n) is 2.54. The minimum atomic E-state index is -3.56. The molecule has 1 aliphatic carbocycles. The van der Waals surface area contributed by atoms with Crippen LogP contribution in [0.4, 0.5) is 5.69 Å². The summed E-state index contributed by atoms with van der Waals surface area (Å²) in [6.45, 7) is 1.11. The molecule has 0 unspecified atom stereocenters. The van der Waals surface area contributed by atoms with Gasteiger partial charge in [0.1, 0.15) is 0 Å². The molecule has 0 aromatic heterocycles. The predicted octanol–water partition coefficient (Wildman–Crippen LogP) is 1.99. The molecule has 6 nitrogen and oxygen atoms in total. The van der Waals surface area contributed by atoms with E-state index in [4.69, 9.17) is 0 Å². The van der Waals surface area contributed by atoms with Crippen molar-refractivity contribution in [1.29, 1.82) is 0 Å². The van der Waals surface area contributed by atoms with Gasteiger partial charge in [0.2, 0.25) is 10.0 Å². The van der Waals surface area contributed by atoms with Crippen molar-refractivity contribution in [3.8, 4) is 0 Å². The molecule has 2 N–H and O–H groups in total. The van der Waals surface area contributed by atoms with E-state index in [2.05, 4.69) is 10.0 Å². The lowest BCUT2D eigenvalue weighted by atomic mass is 10.2. The van der Waals surface area contributed by atoms with E-state index in [9.17, 15) is 13.2 Å². The Balaban J connectivity index is 1.57. The van der Waals surface area contributed by atoms with Gasteiger partial charge in [-0.25, -0.2) is 13.1 Å². The van der Waals surface area contributed by atoms with Crippen molar-refractivity contribution >= 4 is 21.6 Å². The lowest BCUT2D eigenvalue weighted by molar-refractivity contribution is 0.0954. The summed E-state index contributed by atoms with van der Waals surface area (Å²) in [4.78, 5) is 14.5. The molecule has 0 spiro atoms. The molecule has 26 heavy (non-hydrogen) atoms. The maximum Gasteiger partial charge on any atom is 0.251 e. The van der Waals surface area contributed by atoms with Crippen molar-refractivity contribution in [2.75, 3.05) is 25.0 Å². The van der Waals surface area contributed by atoms with Crippen molar-refractivity contribution in [3.63, 3.8) is 0 Å². The molecule has 1 fully saturated rings. The molecule has 2 aromatic carbocycles. The molecule has 138 valence electrons. The van der Waals surface area contributed by atoms with Gasteiger partial charge in [0.15, 0.2) is 0 Å². The normalized spacial score (nSPS) is 14.0. The highest BCUT2D eigenvalue weighted by Gasteiger charge is 2.28. The molecule has 0 heterocycles. The molecule has 2 aromatic rings. The van der Waals surface area contributed by atoms with Crippen LogP contribution in [0.3, 0.4) is 0 Å². The van der Waals surface area contributed by atoms with Crippen LogP contribution < -0.4 is 14.9 Å². The number of para-hydroxylation sites is 1. The van der Waals surface area contributed by atoms with E-state index in [-0.39, 0.29) is 16.8 Å². The molecule has 0 bridgehead atoms. The summed E-state index contributed by atoms with van der Waals surface area (Å²) in [5, 5.41) is 2.84. The standard InChI is InChI=1S/C19H23N3O3S/c1-22(17-7-3-2-4-8-17)13-12-20-19(23)15-6-5-9-18(14-15)26(24,25)21-16-10-11-16/h2-9,14,16,21H,10-13H2,1H3,(H,20,23). The zero-order valence-electron chi connectivity index (χ0n) is 14.7. The number of sulfonamides is 1. The van der Waals surface area contributed by atoms with Crippen LogP contribution in [-0.4, -0.2) is 40.5 Å². The van der Waals surface area contributed by atoms with E-state index < -0.39 is 10.0 Å². The van der Waals surface area contributed by atoms with Gasteiger partial charge in [-0.15, -0.1) is 0 Å². The minimum Gasteiger partial charge on any atom is -0.373 e. The van der Waals surface area contributed by atoms with Crippen molar-refractivity contribution in [2.24, 2.45) is 0 Å². The lowest BCUT2D eigenvalue weighted by Crippen LogP contribution is -2.33. The third-order valence-corrected chi connectivity index (χ3v) is 5.75. The highest BCUT2D eigenvalue weighted by atomic mass is 32.2. The van der Waals surface area contributed by atoms with Gasteiger partial charge in [0.25, 0.3) is 5.91 Å². The first kappa shape index (κ1) is 18.4. The van der Waals surface area contributed by atoms with E-state index in [1.165, 1.54) is 12.1 Å². The Morgan fingerprint density at radius 1 is 1.12 bits per heavy atom. The molecular weight excluding hydrogens is 350 g/mol. The fraction of sp³-hybridized carbons (Fsp3) is 0.316. The van der Waals surface area contributed by atoms with Crippen LogP contribution in [0, 0.1) is 0 Å². The topological polar surface area (TPSA) is 78.5 Å². The molecule has 0 saturated heterocycles. The van der Waals surface area contributed by atoms with E-state index >= 15 is 0 Å². The van der Waals surface area contributed by atoms with Crippen LogP contribution in [0.5, 0.6) is 0 Å².